The van der Waals surface area contributed by atoms with Crippen LogP contribution in [0.5, 0.6) is 5.75 Å². The molecule has 0 radical (unpaired) electrons. The molecule has 2 N–H and O–H groups in total. The molecule has 1 heterocycles. The number of hydrogen-bond donors (Lipinski definition) is 1. The van der Waals surface area contributed by atoms with Crippen molar-refractivity contribution in [3.05, 3.63) is 29.3 Å². The molecule has 0 spiro atoms. The van der Waals surface area contributed by atoms with Crippen molar-refractivity contribution in [3.63, 3.8) is 0 Å². The molecule has 0 aliphatic carbocycles. The van der Waals surface area contributed by atoms with E-state index in [2.05, 4.69) is 19.9 Å². The molecule has 0 saturated carbocycles. The van der Waals surface area contributed by atoms with Crippen molar-refractivity contribution >= 4 is 0 Å². The first kappa shape index (κ1) is 12.4. The molecule has 0 aromatic heterocycles. The normalized spacial score (nSPS) is 23.9. The monoisotopic (exact) mass is 235 g/mol. The number of hydrogen-bond acceptors (Lipinski definition) is 3. The first-order valence-electron chi connectivity index (χ1n) is 6.27. The summed E-state index contributed by atoms with van der Waals surface area (Å²) in [5.41, 5.74) is 7.99. The van der Waals surface area contributed by atoms with E-state index in [4.69, 9.17) is 15.2 Å². The predicted molar refractivity (Wildman–Crippen MR) is 68.1 cm³/mol. The number of benzene rings is 1. The van der Waals surface area contributed by atoms with Gasteiger partial charge in [0.1, 0.15) is 12.4 Å². The highest BCUT2D eigenvalue weighted by Gasteiger charge is 2.22. The maximum atomic E-state index is 5.81. The van der Waals surface area contributed by atoms with E-state index in [9.17, 15) is 0 Å². The Morgan fingerprint density at radius 3 is 2.88 bits per heavy atom. The molecule has 1 saturated heterocycles. The van der Waals surface area contributed by atoms with Crippen molar-refractivity contribution in [1.82, 2.24) is 0 Å². The van der Waals surface area contributed by atoms with Crippen molar-refractivity contribution in [3.8, 4) is 5.75 Å². The lowest BCUT2D eigenvalue weighted by molar-refractivity contribution is 0.0262. The van der Waals surface area contributed by atoms with E-state index in [-0.39, 0.29) is 6.10 Å². The second-order valence-corrected chi connectivity index (χ2v) is 4.77. The van der Waals surface area contributed by atoms with Crippen LogP contribution in [0.4, 0.5) is 0 Å². The largest absolute Gasteiger partial charge is 0.491 e. The Kier molecular flexibility index (Phi) is 4.02. The van der Waals surface area contributed by atoms with E-state index >= 15 is 0 Å². The number of nitrogens with two attached hydrogens (primary N) is 1. The molecular formula is C14H21NO2. The van der Waals surface area contributed by atoms with Crippen molar-refractivity contribution in [2.45, 2.75) is 45.4 Å². The molecule has 2 unspecified atom stereocenters. The maximum Gasteiger partial charge on any atom is 0.123 e. The third-order valence-corrected chi connectivity index (χ3v) is 3.18. The van der Waals surface area contributed by atoms with Crippen LogP contribution in [0.25, 0.3) is 0 Å². The van der Waals surface area contributed by atoms with Crippen LogP contribution >= 0.6 is 0 Å². The van der Waals surface area contributed by atoms with Gasteiger partial charge < -0.3 is 15.2 Å². The Labute approximate surface area is 103 Å². The topological polar surface area (TPSA) is 44.5 Å². The van der Waals surface area contributed by atoms with Crippen LogP contribution in [0.15, 0.2) is 18.2 Å². The molecule has 17 heavy (non-hydrogen) atoms. The number of aryl methyl sites for hydroxylation is 1. The fourth-order valence-corrected chi connectivity index (χ4v) is 2.20. The van der Waals surface area contributed by atoms with Gasteiger partial charge in [0.15, 0.2) is 0 Å². The molecule has 2 atom stereocenters. The van der Waals surface area contributed by atoms with Crippen molar-refractivity contribution in [1.29, 1.82) is 0 Å². The highest BCUT2D eigenvalue weighted by atomic mass is 16.5. The van der Waals surface area contributed by atoms with Gasteiger partial charge in [-0.1, -0.05) is 17.7 Å². The van der Waals surface area contributed by atoms with Crippen molar-refractivity contribution in [2.24, 2.45) is 5.73 Å². The minimum atomic E-state index is 0.233. The second kappa shape index (κ2) is 5.52. The minimum Gasteiger partial charge on any atom is -0.491 e. The van der Waals surface area contributed by atoms with E-state index < -0.39 is 0 Å². The second-order valence-electron chi connectivity index (χ2n) is 4.77. The molecule has 1 fully saturated rings. The lowest BCUT2D eigenvalue weighted by atomic mass is 10.1. The van der Waals surface area contributed by atoms with E-state index in [0.717, 1.165) is 24.2 Å². The molecule has 1 aliphatic rings. The molecule has 0 bridgehead atoms. The molecule has 3 heteroatoms. The van der Waals surface area contributed by atoms with Crippen LogP contribution in [-0.4, -0.2) is 18.8 Å². The van der Waals surface area contributed by atoms with Crippen LogP contribution in [-0.2, 0) is 11.3 Å². The Morgan fingerprint density at radius 1 is 1.41 bits per heavy atom. The van der Waals surface area contributed by atoms with Crippen LogP contribution in [0.1, 0.15) is 30.9 Å². The fourth-order valence-electron chi connectivity index (χ4n) is 2.20. The van der Waals surface area contributed by atoms with Crippen molar-refractivity contribution < 1.29 is 9.47 Å². The van der Waals surface area contributed by atoms with E-state index in [1.54, 1.807) is 0 Å². The maximum absolute atomic E-state index is 5.81. The average Bonchev–Trinajstić information content (AvgIpc) is 2.73. The van der Waals surface area contributed by atoms with Gasteiger partial charge in [0.05, 0.1) is 12.2 Å². The quantitative estimate of drug-likeness (QED) is 0.871. The summed E-state index contributed by atoms with van der Waals surface area (Å²) in [6, 6.07) is 6.12. The fraction of sp³-hybridized carbons (Fsp3) is 0.571. The Hall–Kier alpha value is -1.06. The lowest BCUT2D eigenvalue weighted by Crippen LogP contribution is -2.18. The van der Waals surface area contributed by atoms with Crippen LogP contribution in [0.2, 0.25) is 0 Å². The molecular weight excluding hydrogens is 214 g/mol. The molecule has 2 rings (SSSR count). The van der Waals surface area contributed by atoms with E-state index in [1.807, 2.05) is 12.1 Å². The van der Waals surface area contributed by atoms with E-state index in [0.29, 0.717) is 19.3 Å². The zero-order chi connectivity index (χ0) is 12.3. The van der Waals surface area contributed by atoms with E-state index in [1.165, 1.54) is 5.56 Å². The van der Waals surface area contributed by atoms with Gasteiger partial charge in [-0.25, -0.2) is 0 Å². The zero-order valence-electron chi connectivity index (χ0n) is 10.6. The number of ether oxygens (including phenoxy) is 2. The summed E-state index contributed by atoms with van der Waals surface area (Å²) >= 11 is 0. The Balaban J connectivity index is 1.94. The predicted octanol–water partition coefficient (Wildman–Crippen LogP) is 2.40. The molecule has 3 nitrogen and oxygen atoms in total. The summed E-state index contributed by atoms with van der Waals surface area (Å²) in [5, 5.41) is 0. The van der Waals surface area contributed by atoms with Gasteiger partial charge in [0.25, 0.3) is 0 Å². The van der Waals surface area contributed by atoms with Gasteiger partial charge >= 0.3 is 0 Å². The third-order valence-electron chi connectivity index (χ3n) is 3.18. The summed E-state index contributed by atoms with van der Waals surface area (Å²) in [7, 11) is 0. The van der Waals surface area contributed by atoms with Crippen LogP contribution in [0.3, 0.4) is 0 Å². The minimum absolute atomic E-state index is 0.233. The smallest absolute Gasteiger partial charge is 0.123 e. The molecule has 1 aromatic carbocycles. The van der Waals surface area contributed by atoms with Gasteiger partial charge in [0.2, 0.25) is 0 Å². The summed E-state index contributed by atoms with van der Waals surface area (Å²) in [5.74, 6) is 0.890. The van der Waals surface area contributed by atoms with Crippen LogP contribution in [0, 0.1) is 6.92 Å². The highest BCUT2D eigenvalue weighted by Crippen LogP contribution is 2.23. The average molecular weight is 235 g/mol. The van der Waals surface area contributed by atoms with Crippen molar-refractivity contribution in [2.75, 3.05) is 6.61 Å². The first-order chi connectivity index (χ1) is 8.19. The summed E-state index contributed by atoms with van der Waals surface area (Å²) in [6.07, 6.45) is 2.82. The standard InChI is InChI=1S/C14H21NO2/c1-10-3-6-14(12(7-10)8-15)16-9-13-5-4-11(2)17-13/h3,6-7,11,13H,4-5,8-9,15H2,1-2H3. The summed E-state index contributed by atoms with van der Waals surface area (Å²) in [6.45, 7) is 5.31. The molecule has 1 aromatic rings. The van der Waals surface area contributed by atoms with Crippen LogP contribution < -0.4 is 10.5 Å². The van der Waals surface area contributed by atoms with Gasteiger partial charge in [-0.3, -0.25) is 0 Å². The molecule has 94 valence electrons. The van der Waals surface area contributed by atoms with Gasteiger partial charge in [0, 0.05) is 12.1 Å². The Bertz CT molecular complexity index is 378. The van der Waals surface area contributed by atoms with Gasteiger partial charge in [-0.15, -0.1) is 0 Å². The number of rotatable bonds is 4. The van der Waals surface area contributed by atoms with Gasteiger partial charge in [-0.05, 0) is 32.8 Å². The Morgan fingerprint density at radius 2 is 2.24 bits per heavy atom. The highest BCUT2D eigenvalue weighted by molar-refractivity contribution is 5.36. The summed E-state index contributed by atoms with van der Waals surface area (Å²) < 4.78 is 11.5. The third kappa shape index (κ3) is 3.20. The first-order valence-corrected chi connectivity index (χ1v) is 6.27. The van der Waals surface area contributed by atoms with Gasteiger partial charge in [-0.2, -0.15) is 0 Å². The zero-order valence-corrected chi connectivity index (χ0v) is 10.6. The molecule has 1 aliphatic heterocycles. The summed E-state index contributed by atoms with van der Waals surface area (Å²) in [4.78, 5) is 0. The lowest BCUT2D eigenvalue weighted by Gasteiger charge is -2.15. The SMILES string of the molecule is Cc1ccc(OCC2CCC(C)O2)c(CN)c1. The molecule has 0 amide bonds.